The van der Waals surface area contributed by atoms with Gasteiger partial charge in [0.05, 0.1) is 5.92 Å². The minimum Gasteiger partial charge on any atom is -0.355 e. The molecule has 0 spiro atoms. The molecule has 0 aromatic heterocycles. The Labute approximate surface area is 111 Å². The number of carbonyl (C=O) groups is 2. The highest BCUT2D eigenvalue weighted by molar-refractivity contribution is 7.27. The SMILES string of the molecule is CCC(C(C)=O)C(=O)NCCc1ccccc1P. The fourth-order valence-electron chi connectivity index (χ4n) is 1.86. The molecule has 0 fully saturated rings. The smallest absolute Gasteiger partial charge is 0.230 e. The van der Waals surface area contributed by atoms with E-state index in [0.717, 1.165) is 11.7 Å². The molecule has 4 heteroatoms. The fourth-order valence-corrected chi connectivity index (χ4v) is 2.21. The molecule has 0 aliphatic rings. The van der Waals surface area contributed by atoms with Crippen molar-refractivity contribution in [1.82, 2.24) is 5.32 Å². The third-order valence-electron chi connectivity index (χ3n) is 2.96. The van der Waals surface area contributed by atoms with E-state index in [1.165, 1.54) is 12.5 Å². The van der Waals surface area contributed by atoms with Crippen LogP contribution in [0.1, 0.15) is 25.8 Å². The summed E-state index contributed by atoms with van der Waals surface area (Å²) >= 11 is 0. The van der Waals surface area contributed by atoms with E-state index < -0.39 is 5.92 Å². The van der Waals surface area contributed by atoms with Crippen molar-refractivity contribution in [3.05, 3.63) is 29.8 Å². The first-order valence-corrected chi connectivity index (χ1v) is 6.75. The van der Waals surface area contributed by atoms with E-state index in [2.05, 4.69) is 14.6 Å². The number of benzene rings is 1. The zero-order chi connectivity index (χ0) is 13.5. The Hall–Kier alpha value is -1.21. The number of ketones is 1. The number of nitrogens with one attached hydrogen (secondary N) is 1. The van der Waals surface area contributed by atoms with E-state index in [-0.39, 0.29) is 11.7 Å². The number of rotatable bonds is 6. The van der Waals surface area contributed by atoms with Gasteiger partial charge in [-0.05, 0) is 30.6 Å². The molecule has 1 aromatic rings. The van der Waals surface area contributed by atoms with Crippen LogP contribution in [0.4, 0.5) is 0 Å². The Morgan fingerprint density at radius 3 is 2.56 bits per heavy atom. The van der Waals surface area contributed by atoms with Crippen molar-refractivity contribution in [2.75, 3.05) is 6.54 Å². The number of carbonyl (C=O) groups excluding carboxylic acids is 2. The summed E-state index contributed by atoms with van der Waals surface area (Å²) in [7, 11) is 2.68. The van der Waals surface area contributed by atoms with Crippen molar-refractivity contribution in [3.8, 4) is 0 Å². The first kappa shape index (κ1) is 14.8. The summed E-state index contributed by atoms with van der Waals surface area (Å²) in [5.74, 6) is -0.732. The molecule has 0 aliphatic carbocycles. The minimum absolute atomic E-state index is 0.0681. The van der Waals surface area contributed by atoms with E-state index >= 15 is 0 Å². The largest absolute Gasteiger partial charge is 0.355 e. The van der Waals surface area contributed by atoms with Gasteiger partial charge in [-0.15, -0.1) is 9.24 Å². The molecule has 18 heavy (non-hydrogen) atoms. The molecule has 0 saturated carbocycles. The number of amides is 1. The van der Waals surface area contributed by atoms with E-state index in [1.807, 2.05) is 31.2 Å². The highest BCUT2D eigenvalue weighted by atomic mass is 31.0. The van der Waals surface area contributed by atoms with Crippen molar-refractivity contribution < 1.29 is 9.59 Å². The molecule has 0 radical (unpaired) electrons. The lowest BCUT2D eigenvalue weighted by Gasteiger charge is -2.12. The summed E-state index contributed by atoms with van der Waals surface area (Å²) in [5, 5.41) is 3.97. The van der Waals surface area contributed by atoms with Gasteiger partial charge < -0.3 is 5.32 Å². The van der Waals surface area contributed by atoms with Crippen LogP contribution in [0, 0.1) is 5.92 Å². The average Bonchev–Trinajstić information content (AvgIpc) is 2.32. The van der Waals surface area contributed by atoms with Gasteiger partial charge in [-0.3, -0.25) is 9.59 Å². The summed E-state index contributed by atoms with van der Waals surface area (Å²) in [4.78, 5) is 23.0. The van der Waals surface area contributed by atoms with E-state index in [1.54, 1.807) is 0 Å². The number of hydrogen-bond acceptors (Lipinski definition) is 2. The highest BCUT2D eigenvalue weighted by Gasteiger charge is 2.20. The van der Waals surface area contributed by atoms with Crippen LogP contribution >= 0.6 is 9.24 Å². The number of Topliss-reactive ketones (excluding diaryl/α,β-unsaturated/α-hetero) is 1. The summed E-state index contributed by atoms with van der Waals surface area (Å²) in [6, 6.07) is 8.02. The Bertz CT molecular complexity index is 432. The molecule has 1 aromatic carbocycles. The molecule has 0 saturated heterocycles. The molecular weight excluding hydrogens is 245 g/mol. The predicted octanol–water partition coefficient (Wildman–Crippen LogP) is 1.46. The normalized spacial score (nSPS) is 11.9. The molecule has 0 heterocycles. The van der Waals surface area contributed by atoms with Gasteiger partial charge in [0.25, 0.3) is 0 Å². The fraction of sp³-hybridized carbons (Fsp3) is 0.429. The van der Waals surface area contributed by atoms with Crippen LogP contribution in [-0.2, 0) is 16.0 Å². The van der Waals surface area contributed by atoms with Crippen LogP contribution in [-0.4, -0.2) is 18.2 Å². The molecule has 2 atom stereocenters. The van der Waals surface area contributed by atoms with Crippen molar-refractivity contribution in [2.45, 2.75) is 26.7 Å². The van der Waals surface area contributed by atoms with E-state index in [9.17, 15) is 9.59 Å². The second-order valence-electron chi connectivity index (χ2n) is 4.31. The predicted molar refractivity (Wildman–Crippen MR) is 77.0 cm³/mol. The quantitative estimate of drug-likeness (QED) is 0.625. The van der Waals surface area contributed by atoms with Gasteiger partial charge in [0.1, 0.15) is 5.78 Å². The van der Waals surface area contributed by atoms with Crippen LogP contribution in [0.15, 0.2) is 24.3 Å². The Balaban J connectivity index is 2.45. The maximum absolute atomic E-state index is 11.8. The molecule has 1 N–H and O–H groups in total. The van der Waals surface area contributed by atoms with Gasteiger partial charge in [-0.2, -0.15) is 0 Å². The van der Waals surface area contributed by atoms with Crippen LogP contribution in [0.3, 0.4) is 0 Å². The van der Waals surface area contributed by atoms with Crippen molar-refractivity contribution in [2.24, 2.45) is 5.92 Å². The molecule has 3 nitrogen and oxygen atoms in total. The van der Waals surface area contributed by atoms with Crippen LogP contribution in [0.5, 0.6) is 0 Å². The lowest BCUT2D eigenvalue weighted by atomic mass is 10.0. The van der Waals surface area contributed by atoms with Crippen molar-refractivity contribution in [1.29, 1.82) is 0 Å². The van der Waals surface area contributed by atoms with Crippen molar-refractivity contribution in [3.63, 3.8) is 0 Å². The van der Waals surface area contributed by atoms with E-state index in [0.29, 0.717) is 13.0 Å². The van der Waals surface area contributed by atoms with Gasteiger partial charge in [0, 0.05) is 6.54 Å². The van der Waals surface area contributed by atoms with Gasteiger partial charge in [0.2, 0.25) is 5.91 Å². The van der Waals surface area contributed by atoms with Gasteiger partial charge >= 0.3 is 0 Å². The third kappa shape index (κ3) is 4.23. The molecule has 98 valence electrons. The highest BCUT2D eigenvalue weighted by Crippen LogP contribution is 2.05. The molecule has 1 rings (SSSR count). The Morgan fingerprint density at radius 1 is 1.33 bits per heavy atom. The third-order valence-corrected chi connectivity index (χ3v) is 3.53. The topological polar surface area (TPSA) is 46.2 Å². The lowest BCUT2D eigenvalue weighted by Crippen LogP contribution is -2.35. The molecule has 2 unspecified atom stereocenters. The molecular formula is C14H20NO2P. The van der Waals surface area contributed by atoms with Gasteiger partial charge in [0.15, 0.2) is 0 Å². The summed E-state index contributed by atoms with van der Waals surface area (Å²) in [6.45, 7) is 3.88. The maximum Gasteiger partial charge on any atom is 0.230 e. The first-order chi connectivity index (χ1) is 8.56. The average molecular weight is 265 g/mol. The van der Waals surface area contributed by atoms with Crippen LogP contribution in [0.25, 0.3) is 0 Å². The first-order valence-electron chi connectivity index (χ1n) is 6.17. The Kier molecular flexibility index (Phi) is 6.00. The van der Waals surface area contributed by atoms with E-state index in [4.69, 9.17) is 0 Å². The molecule has 1 amide bonds. The minimum atomic E-state index is -0.503. The monoisotopic (exact) mass is 265 g/mol. The molecule has 0 bridgehead atoms. The maximum atomic E-state index is 11.8. The second kappa shape index (κ2) is 7.27. The summed E-state index contributed by atoms with van der Waals surface area (Å²) in [5.41, 5.74) is 1.19. The zero-order valence-corrected chi connectivity index (χ0v) is 12.1. The second-order valence-corrected chi connectivity index (χ2v) is 4.93. The Morgan fingerprint density at radius 2 is 2.00 bits per heavy atom. The van der Waals surface area contributed by atoms with Crippen LogP contribution in [0.2, 0.25) is 0 Å². The standard InChI is InChI=1S/C14H20NO2P/c1-3-12(10(2)16)14(17)15-9-8-11-6-4-5-7-13(11)18/h4-7,12H,3,8-9,18H2,1-2H3,(H,15,17). The number of hydrogen-bond donors (Lipinski definition) is 1. The van der Waals surface area contributed by atoms with Crippen LogP contribution < -0.4 is 10.6 Å². The zero-order valence-electron chi connectivity index (χ0n) is 10.9. The molecule has 0 aliphatic heterocycles. The summed E-state index contributed by atoms with van der Waals surface area (Å²) < 4.78 is 0. The van der Waals surface area contributed by atoms with Crippen molar-refractivity contribution >= 4 is 26.2 Å². The van der Waals surface area contributed by atoms with Gasteiger partial charge in [-0.25, -0.2) is 0 Å². The summed E-state index contributed by atoms with van der Waals surface area (Å²) in [6.07, 6.45) is 1.33. The van der Waals surface area contributed by atoms with Gasteiger partial charge in [-0.1, -0.05) is 31.2 Å². The lowest BCUT2D eigenvalue weighted by molar-refractivity contribution is -0.133.